The summed E-state index contributed by atoms with van der Waals surface area (Å²) in [5.41, 5.74) is 5.22. The SMILES string of the molecule is CCc1c(C(C)NCc2cscn2)oc2ccccc12. The van der Waals surface area contributed by atoms with E-state index < -0.39 is 0 Å². The molecule has 104 valence electrons. The second-order valence-corrected chi connectivity index (χ2v) is 5.60. The highest BCUT2D eigenvalue weighted by Gasteiger charge is 2.17. The lowest BCUT2D eigenvalue weighted by Crippen LogP contribution is -2.18. The van der Waals surface area contributed by atoms with Crippen molar-refractivity contribution >= 4 is 22.3 Å². The highest BCUT2D eigenvalue weighted by atomic mass is 32.1. The monoisotopic (exact) mass is 286 g/mol. The number of hydrogen-bond acceptors (Lipinski definition) is 4. The fraction of sp³-hybridized carbons (Fsp3) is 0.312. The number of aryl methyl sites for hydroxylation is 1. The van der Waals surface area contributed by atoms with Crippen molar-refractivity contribution < 1.29 is 4.42 Å². The van der Waals surface area contributed by atoms with E-state index >= 15 is 0 Å². The molecular formula is C16H18N2OS. The van der Waals surface area contributed by atoms with Crippen LogP contribution in [0.3, 0.4) is 0 Å². The van der Waals surface area contributed by atoms with Crippen molar-refractivity contribution in [3.8, 4) is 0 Å². The fourth-order valence-electron chi connectivity index (χ4n) is 2.51. The molecule has 0 fully saturated rings. The van der Waals surface area contributed by atoms with Crippen molar-refractivity contribution in [2.75, 3.05) is 0 Å². The highest BCUT2D eigenvalue weighted by Crippen LogP contribution is 2.30. The molecule has 0 amide bonds. The van der Waals surface area contributed by atoms with E-state index in [2.05, 4.69) is 41.7 Å². The van der Waals surface area contributed by atoms with Gasteiger partial charge in [-0.3, -0.25) is 0 Å². The number of aromatic nitrogens is 1. The predicted molar refractivity (Wildman–Crippen MR) is 83.0 cm³/mol. The summed E-state index contributed by atoms with van der Waals surface area (Å²) in [6.07, 6.45) is 0.981. The average Bonchev–Trinajstić information content (AvgIpc) is 3.11. The number of benzene rings is 1. The zero-order valence-electron chi connectivity index (χ0n) is 11.7. The maximum absolute atomic E-state index is 6.04. The Hall–Kier alpha value is -1.65. The predicted octanol–water partition coefficient (Wildman–Crippen LogP) is 4.30. The van der Waals surface area contributed by atoms with Gasteiger partial charge >= 0.3 is 0 Å². The number of fused-ring (bicyclic) bond motifs is 1. The van der Waals surface area contributed by atoms with Crippen molar-refractivity contribution in [1.29, 1.82) is 0 Å². The first-order valence-electron chi connectivity index (χ1n) is 6.90. The van der Waals surface area contributed by atoms with Crippen LogP contribution in [0.25, 0.3) is 11.0 Å². The third-order valence-corrected chi connectivity index (χ3v) is 4.18. The van der Waals surface area contributed by atoms with E-state index in [1.54, 1.807) is 11.3 Å². The summed E-state index contributed by atoms with van der Waals surface area (Å²) in [5.74, 6) is 1.05. The van der Waals surface area contributed by atoms with Crippen LogP contribution in [0.4, 0.5) is 0 Å². The molecular weight excluding hydrogens is 268 g/mol. The van der Waals surface area contributed by atoms with Gasteiger partial charge in [-0.1, -0.05) is 25.1 Å². The molecule has 0 bridgehead atoms. The van der Waals surface area contributed by atoms with Crippen LogP contribution in [0.1, 0.15) is 36.9 Å². The van der Waals surface area contributed by atoms with Crippen molar-refractivity contribution in [2.45, 2.75) is 32.9 Å². The first-order chi connectivity index (χ1) is 9.79. The molecule has 4 heteroatoms. The number of nitrogens with zero attached hydrogens (tertiary/aromatic N) is 1. The summed E-state index contributed by atoms with van der Waals surface area (Å²) < 4.78 is 6.04. The summed E-state index contributed by atoms with van der Waals surface area (Å²) in [4.78, 5) is 4.29. The van der Waals surface area contributed by atoms with Gasteiger partial charge in [0.25, 0.3) is 0 Å². The Morgan fingerprint density at radius 1 is 1.35 bits per heavy atom. The number of rotatable bonds is 5. The van der Waals surface area contributed by atoms with Crippen LogP contribution < -0.4 is 5.32 Å². The van der Waals surface area contributed by atoms with Crippen LogP contribution in [0.5, 0.6) is 0 Å². The van der Waals surface area contributed by atoms with E-state index in [0.717, 1.165) is 30.0 Å². The maximum Gasteiger partial charge on any atom is 0.134 e. The molecule has 0 saturated heterocycles. The Labute approximate surface area is 122 Å². The minimum Gasteiger partial charge on any atom is -0.459 e. The Balaban J connectivity index is 1.85. The maximum atomic E-state index is 6.04. The van der Waals surface area contributed by atoms with E-state index in [1.807, 2.05) is 17.6 Å². The number of para-hydroxylation sites is 1. The van der Waals surface area contributed by atoms with Gasteiger partial charge in [0.1, 0.15) is 11.3 Å². The smallest absolute Gasteiger partial charge is 0.134 e. The van der Waals surface area contributed by atoms with Gasteiger partial charge in [-0.2, -0.15) is 0 Å². The summed E-state index contributed by atoms with van der Waals surface area (Å²) in [6.45, 7) is 5.09. The molecule has 0 aliphatic rings. The van der Waals surface area contributed by atoms with Gasteiger partial charge < -0.3 is 9.73 Å². The molecule has 3 nitrogen and oxygen atoms in total. The summed E-state index contributed by atoms with van der Waals surface area (Å²) in [6, 6.07) is 8.43. The van der Waals surface area contributed by atoms with Gasteiger partial charge in [-0.05, 0) is 19.4 Å². The molecule has 0 spiro atoms. The molecule has 1 N–H and O–H groups in total. The quantitative estimate of drug-likeness (QED) is 0.760. The second-order valence-electron chi connectivity index (χ2n) is 4.88. The zero-order valence-corrected chi connectivity index (χ0v) is 12.5. The minimum absolute atomic E-state index is 0.180. The second kappa shape index (κ2) is 5.77. The van der Waals surface area contributed by atoms with E-state index in [1.165, 1.54) is 10.9 Å². The van der Waals surface area contributed by atoms with E-state index in [4.69, 9.17) is 4.42 Å². The van der Waals surface area contributed by atoms with Crippen molar-refractivity contribution in [2.24, 2.45) is 0 Å². The van der Waals surface area contributed by atoms with Crippen molar-refractivity contribution in [1.82, 2.24) is 10.3 Å². The molecule has 3 rings (SSSR count). The van der Waals surface area contributed by atoms with Crippen LogP contribution in [0, 0.1) is 0 Å². The fourth-order valence-corrected chi connectivity index (χ4v) is 3.07. The molecule has 3 aromatic rings. The van der Waals surface area contributed by atoms with Gasteiger partial charge in [-0.25, -0.2) is 4.98 Å². The van der Waals surface area contributed by atoms with Gasteiger partial charge in [0.15, 0.2) is 0 Å². The molecule has 2 heterocycles. The molecule has 20 heavy (non-hydrogen) atoms. The first kappa shape index (κ1) is 13.3. The molecule has 0 aliphatic carbocycles. The minimum atomic E-state index is 0.180. The van der Waals surface area contributed by atoms with Crippen molar-refractivity contribution in [3.63, 3.8) is 0 Å². The molecule has 0 aliphatic heterocycles. The summed E-state index contributed by atoms with van der Waals surface area (Å²) in [5, 5.41) is 6.78. The molecule has 2 aromatic heterocycles. The lowest BCUT2D eigenvalue weighted by Gasteiger charge is -2.12. The average molecular weight is 286 g/mol. The van der Waals surface area contributed by atoms with Gasteiger partial charge in [0, 0.05) is 22.9 Å². The molecule has 1 unspecified atom stereocenters. The topological polar surface area (TPSA) is 38.1 Å². The third kappa shape index (κ3) is 2.49. The van der Waals surface area contributed by atoms with Crippen molar-refractivity contribution in [3.05, 3.63) is 52.2 Å². The Morgan fingerprint density at radius 3 is 2.95 bits per heavy atom. The molecule has 1 atom stereocenters. The van der Waals surface area contributed by atoms with E-state index in [9.17, 15) is 0 Å². The molecule has 0 saturated carbocycles. The van der Waals surface area contributed by atoms with Crippen LogP contribution in [0.2, 0.25) is 0 Å². The van der Waals surface area contributed by atoms with Crippen LogP contribution in [-0.2, 0) is 13.0 Å². The molecule has 1 aromatic carbocycles. The van der Waals surface area contributed by atoms with Crippen LogP contribution in [0.15, 0.2) is 39.6 Å². The van der Waals surface area contributed by atoms with Gasteiger partial charge in [0.05, 0.1) is 17.2 Å². The normalized spacial score (nSPS) is 12.9. The van der Waals surface area contributed by atoms with Crippen LogP contribution >= 0.6 is 11.3 Å². The lowest BCUT2D eigenvalue weighted by atomic mass is 10.1. The Morgan fingerprint density at radius 2 is 2.20 bits per heavy atom. The highest BCUT2D eigenvalue weighted by molar-refractivity contribution is 7.07. The van der Waals surface area contributed by atoms with E-state index in [0.29, 0.717) is 0 Å². The summed E-state index contributed by atoms with van der Waals surface area (Å²) >= 11 is 1.62. The van der Waals surface area contributed by atoms with Crippen LogP contribution in [-0.4, -0.2) is 4.98 Å². The largest absolute Gasteiger partial charge is 0.459 e. The lowest BCUT2D eigenvalue weighted by molar-refractivity contribution is 0.444. The number of hydrogen-bond donors (Lipinski definition) is 1. The third-order valence-electron chi connectivity index (χ3n) is 3.55. The first-order valence-corrected chi connectivity index (χ1v) is 7.84. The van der Waals surface area contributed by atoms with Gasteiger partial charge in [0.2, 0.25) is 0 Å². The number of nitrogens with one attached hydrogen (secondary N) is 1. The molecule has 0 radical (unpaired) electrons. The van der Waals surface area contributed by atoms with Gasteiger partial charge in [-0.15, -0.1) is 11.3 Å². The Bertz CT molecular complexity index is 688. The zero-order chi connectivity index (χ0) is 13.9. The standard InChI is InChI=1S/C16H18N2OS/c1-3-13-14-6-4-5-7-15(14)19-16(13)11(2)17-8-12-9-20-10-18-12/h4-7,9-11,17H,3,8H2,1-2H3. The number of thiazole rings is 1. The summed E-state index contributed by atoms with van der Waals surface area (Å²) in [7, 11) is 0. The Kier molecular flexibility index (Phi) is 3.85. The number of furan rings is 1. The van der Waals surface area contributed by atoms with E-state index in [-0.39, 0.29) is 6.04 Å².